The van der Waals surface area contributed by atoms with E-state index in [0.717, 1.165) is 18.2 Å². The Morgan fingerprint density at radius 1 is 1.08 bits per heavy atom. The van der Waals surface area contributed by atoms with Crippen LogP contribution in [0.4, 0.5) is 42.2 Å². The summed E-state index contributed by atoms with van der Waals surface area (Å²) >= 11 is 6.17. The van der Waals surface area contributed by atoms with Crippen LogP contribution in [-0.2, 0) is 6.18 Å². The molecule has 0 bridgehead atoms. The summed E-state index contributed by atoms with van der Waals surface area (Å²) in [5, 5.41) is 7.07. The topological polar surface area (TPSA) is 83.1 Å². The maximum atomic E-state index is 14.0. The SMILES string of the molecule is O=C(Nc1cc(NCC(F)F)nc2c1C(c1cc(F)ccc1Cl)NC2=O)c1cc(F)cc(C(F)(F)F)c1. The molecule has 3 N–H and O–H groups in total. The summed E-state index contributed by atoms with van der Waals surface area (Å²) in [4.78, 5) is 29.5. The van der Waals surface area contributed by atoms with E-state index in [1.807, 2.05) is 0 Å². The quantitative estimate of drug-likeness (QED) is 0.342. The molecular weight excluding hydrogens is 533 g/mol. The van der Waals surface area contributed by atoms with Crippen LogP contribution in [0.3, 0.4) is 0 Å². The number of pyridine rings is 1. The summed E-state index contributed by atoms with van der Waals surface area (Å²) in [6.45, 7) is -0.876. The van der Waals surface area contributed by atoms with E-state index < -0.39 is 59.8 Å². The zero-order valence-electron chi connectivity index (χ0n) is 18.2. The fourth-order valence-electron chi connectivity index (χ4n) is 3.72. The smallest absolute Gasteiger partial charge is 0.364 e. The number of anilines is 2. The molecule has 0 spiro atoms. The van der Waals surface area contributed by atoms with Crippen molar-refractivity contribution in [3.63, 3.8) is 0 Å². The van der Waals surface area contributed by atoms with Crippen LogP contribution >= 0.6 is 11.6 Å². The molecule has 0 saturated heterocycles. The molecule has 0 aliphatic carbocycles. The first kappa shape index (κ1) is 26.2. The number of amides is 2. The molecule has 0 radical (unpaired) electrons. The van der Waals surface area contributed by atoms with Gasteiger partial charge in [-0.15, -0.1) is 0 Å². The van der Waals surface area contributed by atoms with E-state index in [1.54, 1.807) is 0 Å². The first-order valence-electron chi connectivity index (χ1n) is 10.4. The van der Waals surface area contributed by atoms with Crippen molar-refractivity contribution in [3.8, 4) is 0 Å². The Bertz CT molecular complexity index is 1400. The zero-order valence-corrected chi connectivity index (χ0v) is 18.9. The summed E-state index contributed by atoms with van der Waals surface area (Å²) in [6, 6.07) is 4.36. The van der Waals surface area contributed by atoms with Gasteiger partial charge in [0.1, 0.15) is 23.1 Å². The Morgan fingerprint density at radius 2 is 1.81 bits per heavy atom. The molecule has 1 aliphatic rings. The van der Waals surface area contributed by atoms with Gasteiger partial charge in [0.25, 0.3) is 18.2 Å². The molecule has 2 heterocycles. The van der Waals surface area contributed by atoms with Crippen molar-refractivity contribution in [3.05, 3.63) is 87.1 Å². The van der Waals surface area contributed by atoms with Gasteiger partial charge in [-0.2, -0.15) is 13.2 Å². The van der Waals surface area contributed by atoms with Crippen molar-refractivity contribution < 1.29 is 40.3 Å². The lowest BCUT2D eigenvalue weighted by Crippen LogP contribution is -2.21. The van der Waals surface area contributed by atoms with Crippen molar-refractivity contribution in [2.75, 3.05) is 17.2 Å². The van der Waals surface area contributed by atoms with E-state index in [4.69, 9.17) is 11.6 Å². The number of carbonyl (C=O) groups excluding carboxylic acids is 2. The Balaban J connectivity index is 1.81. The summed E-state index contributed by atoms with van der Waals surface area (Å²) in [5.74, 6) is -4.34. The van der Waals surface area contributed by atoms with Gasteiger partial charge in [0.2, 0.25) is 0 Å². The molecule has 1 atom stereocenters. The van der Waals surface area contributed by atoms with Crippen LogP contribution in [0, 0.1) is 11.6 Å². The van der Waals surface area contributed by atoms with Crippen LogP contribution in [-0.4, -0.2) is 29.8 Å². The predicted octanol–water partition coefficient (Wildman–Crippen LogP) is 5.79. The molecule has 1 unspecified atom stereocenters. The fraction of sp³-hybridized carbons (Fsp3) is 0.174. The summed E-state index contributed by atoms with van der Waals surface area (Å²) < 4.78 is 92.6. The van der Waals surface area contributed by atoms with E-state index in [9.17, 15) is 40.3 Å². The summed E-state index contributed by atoms with van der Waals surface area (Å²) in [5.41, 5.74) is -2.70. The van der Waals surface area contributed by atoms with Gasteiger partial charge in [0.15, 0.2) is 0 Å². The number of hydrogen-bond acceptors (Lipinski definition) is 4. The van der Waals surface area contributed by atoms with Crippen LogP contribution in [0.5, 0.6) is 0 Å². The third-order valence-electron chi connectivity index (χ3n) is 5.28. The van der Waals surface area contributed by atoms with Crippen molar-refractivity contribution in [1.29, 1.82) is 0 Å². The standard InChI is InChI=1S/C23H14ClF7N4O2/c24-14-2-1-11(25)6-13(14)19-18-15(7-17(32-8-16(27)28)34-20(18)22(37)35-19)33-21(36)9-3-10(23(29,30)31)5-12(26)4-9/h1-7,16,19H,8H2,(H,35,37)(H2,32,33,34,36). The molecule has 1 aliphatic heterocycles. The van der Waals surface area contributed by atoms with Gasteiger partial charge in [-0.25, -0.2) is 22.5 Å². The van der Waals surface area contributed by atoms with E-state index in [0.29, 0.717) is 12.1 Å². The number of benzene rings is 2. The van der Waals surface area contributed by atoms with Crippen LogP contribution in [0.1, 0.15) is 43.6 Å². The van der Waals surface area contributed by atoms with E-state index in [1.165, 1.54) is 6.07 Å². The number of hydrogen-bond donors (Lipinski definition) is 3. The molecule has 1 aromatic heterocycles. The molecule has 2 aromatic carbocycles. The minimum atomic E-state index is -4.95. The number of carbonyl (C=O) groups is 2. The monoisotopic (exact) mass is 546 g/mol. The molecule has 3 aromatic rings. The molecule has 194 valence electrons. The molecule has 2 amide bonds. The highest BCUT2D eigenvalue weighted by molar-refractivity contribution is 6.31. The normalized spacial score (nSPS) is 14.9. The number of alkyl halides is 5. The van der Waals surface area contributed by atoms with Crippen LogP contribution in [0.25, 0.3) is 0 Å². The number of nitrogens with zero attached hydrogens (tertiary/aromatic N) is 1. The molecule has 37 heavy (non-hydrogen) atoms. The van der Waals surface area contributed by atoms with Gasteiger partial charge in [0, 0.05) is 27.8 Å². The van der Waals surface area contributed by atoms with E-state index in [-0.39, 0.29) is 39.4 Å². The lowest BCUT2D eigenvalue weighted by atomic mass is 9.98. The molecule has 0 saturated carbocycles. The first-order valence-corrected chi connectivity index (χ1v) is 10.7. The summed E-state index contributed by atoms with van der Waals surface area (Å²) in [6.07, 6.45) is -7.76. The van der Waals surface area contributed by atoms with Crippen molar-refractivity contribution in [2.24, 2.45) is 0 Å². The van der Waals surface area contributed by atoms with Gasteiger partial charge < -0.3 is 16.0 Å². The first-order chi connectivity index (χ1) is 17.3. The maximum Gasteiger partial charge on any atom is 0.416 e. The van der Waals surface area contributed by atoms with Gasteiger partial charge >= 0.3 is 6.18 Å². The Kier molecular flexibility index (Phi) is 7.00. The Hall–Kier alpha value is -3.87. The lowest BCUT2D eigenvalue weighted by Gasteiger charge is -2.19. The van der Waals surface area contributed by atoms with Crippen LogP contribution in [0.15, 0.2) is 42.5 Å². The fourth-order valence-corrected chi connectivity index (χ4v) is 3.94. The molecule has 6 nitrogen and oxygen atoms in total. The third-order valence-corrected chi connectivity index (χ3v) is 5.62. The number of nitrogens with one attached hydrogen (secondary N) is 3. The van der Waals surface area contributed by atoms with Crippen LogP contribution in [0.2, 0.25) is 5.02 Å². The van der Waals surface area contributed by atoms with Crippen molar-refractivity contribution in [2.45, 2.75) is 18.6 Å². The van der Waals surface area contributed by atoms with E-state index in [2.05, 4.69) is 20.9 Å². The molecule has 14 heteroatoms. The highest BCUT2D eigenvalue weighted by atomic mass is 35.5. The van der Waals surface area contributed by atoms with Gasteiger partial charge in [-0.05, 0) is 36.4 Å². The predicted molar refractivity (Wildman–Crippen MR) is 119 cm³/mol. The Morgan fingerprint density at radius 3 is 2.49 bits per heavy atom. The largest absolute Gasteiger partial charge is 0.416 e. The minimum absolute atomic E-state index is 0.0247. The van der Waals surface area contributed by atoms with Crippen molar-refractivity contribution in [1.82, 2.24) is 10.3 Å². The highest BCUT2D eigenvalue weighted by Gasteiger charge is 2.37. The molecule has 0 fully saturated rings. The second-order valence-corrected chi connectivity index (χ2v) is 8.25. The second kappa shape index (κ2) is 9.88. The second-order valence-electron chi connectivity index (χ2n) is 7.84. The highest BCUT2D eigenvalue weighted by Crippen LogP contribution is 2.40. The number of aromatic nitrogens is 1. The van der Waals surface area contributed by atoms with E-state index >= 15 is 0 Å². The minimum Gasteiger partial charge on any atom is -0.364 e. The average Bonchev–Trinajstić information content (AvgIpc) is 3.14. The number of halogens is 8. The maximum absolute atomic E-state index is 14.0. The zero-order chi connectivity index (χ0) is 27.1. The molecular formula is C23H14ClF7N4O2. The van der Waals surface area contributed by atoms with Gasteiger partial charge in [0.05, 0.1) is 23.8 Å². The lowest BCUT2D eigenvalue weighted by molar-refractivity contribution is -0.137. The summed E-state index contributed by atoms with van der Waals surface area (Å²) in [7, 11) is 0. The third kappa shape index (κ3) is 5.61. The van der Waals surface area contributed by atoms with Gasteiger partial charge in [-0.1, -0.05) is 11.6 Å². The molecule has 4 rings (SSSR count). The number of fused-ring (bicyclic) bond motifs is 1. The number of rotatable bonds is 6. The Labute approximate surface area is 208 Å². The van der Waals surface area contributed by atoms with Crippen molar-refractivity contribution >= 4 is 34.9 Å². The van der Waals surface area contributed by atoms with Crippen LogP contribution < -0.4 is 16.0 Å². The van der Waals surface area contributed by atoms with Gasteiger partial charge in [-0.3, -0.25) is 9.59 Å². The average molecular weight is 547 g/mol.